The van der Waals surface area contributed by atoms with Crippen molar-refractivity contribution >= 4 is 115 Å². The zero-order chi connectivity index (χ0) is 64.2. The van der Waals surface area contributed by atoms with Crippen LogP contribution in [0.15, 0.2) is 4.99 Å². The van der Waals surface area contributed by atoms with Crippen molar-refractivity contribution in [3.8, 4) is 0 Å². The van der Waals surface area contributed by atoms with E-state index in [1.807, 2.05) is 0 Å². The summed E-state index contributed by atoms with van der Waals surface area (Å²) in [7, 11) is 0. The maximum atomic E-state index is 14.2. The van der Waals surface area contributed by atoms with Crippen molar-refractivity contribution in [2.75, 3.05) is 63.2 Å². The molecule has 1 rings (SSSR count). The number of carboxylic acids is 2. The van der Waals surface area contributed by atoms with Crippen molar-refractivity contribution in [1.29, 1.82) is 0 Å². The maximum Gasteiger partial charge on any atom is 0.326 e. The van der Waals surface area contributed by atoms with Gasteiger partial charge in [0, 0.05) is 36.8 Å². The van der Waals surface area contributed by atoms with Gasteiger partial charge in [0.2, 0.25) is 59.1 Å². The first kappa shape index (κ1) is 76.7. The summed E-state index contributed by atoms with van der Waals surface area (Å²) in [4.78, 5) is 164. The molecule has 0 unspecified atom stereocenters. The van der Waals surface area contributed by atoms with Gasteiger partial charge in [0.25, 0.3) is 0 Å². The van der Waals surface area contributed by atoms with Gasteiger partial charge in [0.1, 0.15) is 60.4 Å². The number of carboxylic acid groups (broad SMARTS) is 2. The number of thiol groups is 3. The standard InChI is InChI=1S/C49H89N17O16S3/c50-16-4-1-9-27(40(73)64-34(24-84)44(77)61-31(21-67)42(75)60-30(48(81)82)11-3-6-18-52)57-39(72)29(12-7-19-56-49(54)55)59-46(79)36-13-8-20-66(36)47(80)32(22-68)62-45(78)35(25-85)65-41(74)28(10-2-5-17-51)58-43(76)33(23-83)63-38(71)26(53)14-15-37(69)70/h26-36,67-68,83-85H,1-25,50-53H2,(H,57,72)(H,58,76)(H,59,79)(H,60,75)(H,61,77)(H,62,78)(H,63,71)(H,64,73)(H,65,74)(H,69,70)(H,81,82)(H4,54,55,56)/t26-,27-,28-,29-,30-,31-,32-,33-,34-,35-,36-/m0/s1. The molecule has 1 heterocycles. The molecule has 484 valence electrons. The molecule has 0 aromatic heterocycles. The van der Waals surface area contributed by atoms with Crippen molar-refractivity contribution in [3.05, 3.63) is 0 Å². The summed E-state index contributed by atoms with van der Waals surface area (Å²) >= 11 is 12.5. The molecule has 1 aliphatic rings. The SMILES string of the molecule is NCCCC[C@H](NC(=O)[C@H](CO)NC(=O)[C@H](CS)NC(=O)[C@H](CCCCN)NC(=O)[C@H](CCCN=C(N)N)NC(=O)[C@@H]1CCCN1C(=O)[C@H](CO)NC(=O)[C@H](CS)NC(=O)[C@H](CCCCN)NC(=O)[C@H](CS)NC(=O)[C@@H](N)CCC(=O)O)C(=O)O. The molecule has 0 saturated carbocycles. The number of likely N-dealkylation sites (tertiary alicyclic amines) is 1. The fraction of sp³-hybridized carbons (Fsp3) is 0.735. The van der Waals surface area contributed by atoms with E-state index in [0.717, 1.165) is 4.90 Å². The molecule has 0 aliphatic carbocycles. The van der Waals surface area contributed by atoms with Crippen LogP contribution in [0.2, 0.25) is 0 Å². The van der Waals surface area contributed by atoms with Gasteiger partial charge < -0.3 is 108 Å². The highest BCUT2D eigenvalue weighted by molar-refractivity contribution is 7.80. The number of carbonyl (C=O) groups is 12. The average Bonchev–Trinajstić information content (AvgIpc) is 3.96. The van der Waals surface area contributed by atoms with Gasteiger partial charge in [0.05, 0.1) is 19.3 Å². The first-order chi connectivity index (χ1) is 40.4. The molecule has 10 amide bonds. The Balaban J connectivity index is 3.34. The average molecular weight is 1270 g/mol. The second-order valence-electron chi connectivity index (χ2n) is 19.8. The lowest BCUT2D eigenvalue weighted by molar-refractivity contribution is -0.143. The molecule has 0 bridgehead atoms. The van der Waals surface area contributed by atoms with Gasteiger partial charge in [0.15, 0.2) is 5.96 Å². The molecule has 0 aromatic rings. The smallest absolute Gasteiger partial charge is 0.326 e. The fourth-order valence-corrected chi connectivity index (χ4v) is 9.15. The lowest BCUT2D eigenvalue weighted by Gasteiger charge is -2.30. The zero-order valence-corrected chi connectivity index (χ0v) is 50.1. The van der Waals surface area contributed by atoms with Crippen LogP contribution in [-0.2, 0) is 57.5 Å². The van der Waals surface area contributed by atoms with Gasteiger partial charge in [-0.05, 0) is 110 Å². The van der Waals surface area contributed by atoms with Crippen LogP contribution in [0.4, 0.5) is 0 Å². The number of aliphatic carboxylic acids is 2. The summed E-state index contributed by atoms with van der Waals surface area (Å²) in [5, 5.41) is 60.9. The minimum atomic E-state index is -1.69. The lowest BCUT2D eigenvalue weighted by atomic mass is 10.0. The number of hydrogen-bond donors (Lipinski definition) is 22. The molecule has 0 aromatic carbocycles. The second-order valence-corrected chi connectivity index (χ2v) is 20.9. The van der Waals surface area contributed by atoms with Crippen LogP contribution < -0.4 is 82.3 Å². The minimum absolute atomic E-state index is 0.00639. The molecule has 0 spiro atoms. The topological polar surface area (TPSA) is 566 Å². The van der Waals surface area contributed by atoms with Gasteiger partial charge in [-0.1, -0.05) is 0 Å². The van der Waals surface area contributed by atoms with Crippen LogP contribution >= 0.6 is 37.9 Å². The van der Waals surface area contributed by atoms with E-state index in [0.29, 0.717) is 32.1 Å². The summed E-state index contributed by atoms with van der Waals surface area (Å²) in [6, 6.07) is -15.6. The Morgan fingerprint density at radius 2 is 0.847 bits per heavy atom. The number of amides is 10. The van der Waals surface area contributed by atoms with E-state index in [1.54, 1.807) is 0 Å². The molecule has 25 N–H and O–H groups in total. The monoisotopic (exact) mass is 1270 g/mol. The van der Waals surface area contributed by atoms with E-state index in [9.17, 15) is 72.9 Å². The number of nitrogens with two attached hydrogens (primary N) is 6. The Hall–Kier alpha value is -6.28. The number of guanidine groups is 1. The third-order valence-electron chi connectivity index (χ3n) is 13.2. The maximum absolute atomic E-state index is 14.2. The predicted octanol–water partition coefficient (Wildman–Crippen LogP) is -8.17. The number of aliphatic hydroxyl groups excluding tert-OH is 2. The molecule has 33 nitrogen and oxygen atoms in total. The van der Waals surface area contributed by atoms with Crippen LogP contribution in [0.5, 0.6) is 0 Å². The van der Waals surface area contributed by atoms with Gasteiger partial charge >= 0.3 is 11.9 Å². The Kier molecular flexibility index (Phi) is 38.4. The van der Waals surface area contributed by atoms with Crippen molar-refractivity contribution in [1.82, 2.24) is 52.8 Å². The highest BCUT2D eigenvalue weighted by Crippen LogP contribution is 2.20. The van der Waals surface area contributed by atoms with E-state index in [2.05, 4.69) is 90.7 Å². The highest BCUT2D eigenvalue weighted by Gasteiger charge is 2.40. The molecule has 85 heavy (non-hydrogen) atoms. The Labute approximate surface area is 508 Å². The van der Waals surface area contributed by atoms with Gasteiger partial charge in [-0.25, -0.2) is 4.79 Å². The number of rotatable bonds is 44. The summed E-state index contributed by atoms with van der Waals surface area (Å²) in [5.74, 6) is -13.0. The third kappa shape index (κ3) is 28.6. The third-order valence-corrected chi connectivity index (χ3v) is 14.3. The largest absolute Gasteiger partial charge is 0.481 e. The van der Waals surface area contributed by atoms with Crippen molar-refractivity contribution in [2.45, 2.75) is 163 Å². The molecule has 1 fully saturated rings. The second kappa shape index (κ2) is 42.5. The normalized spacial score (nSPS) is 16.4. The lowest BCUT2D eigenvalue weighted by Crippen LogP contribution is -2.61. The number of aliphatic imine (C=N–C) groups is 1. The Morgan fingerprint density at radius 1 is 0.482 bits per heavy atom. The molecular formula is C49H89N17O16S3. The van der Waals surface area contributed by atoms with E-state index in [4.69, 9.17) is 39.5 Å². The molecule has 1 saturated heterocycles. The molecule has 1 aliphatic heterocycles. The number of hydrogen-bond acceptors (Lipinski definition) is 22. The van der Waals surface area contributed by atoms with Gasteiger partial charge in [-0.15, -0.1) is 0 Å². The van der Waals surface area contributed by atoms with E-state index in [-0.39, 0.29) is 114 Å². The van der Waals surface area contributed by atoms with E-state index in [1.165, 1.54) is 0 Å². The van der Waals surface area contributed by atoms with Crippen molar-refractivity contribution in [2.24, 2.45) is 39.4 Å². The first-order valence-electron chi connectivity index (χ1n) is 27.8. The number of nitrogens with one attached hydrogen (secondary N) is 9. The fourth-order valence-electron chi connectivity index (χ4n) is 8.37. The minimum Gasteiger partial charge on any atom is -0.481 e. The number of nitrogens with zero attached hydrogens (tertiary/aromatic N) is 2. The highest BCUT2D eigenvalue weighted by atomic mass is 32.1. The summed E-state index contributed by atoms with van der Waals surface area (Å²) in [6.07, 6.45) is 1.89. The predicted molar refractivity (Wildman–Crippen MR) is 319 cm³/mol. The molecular weight excluding hydrogens is 1180 g/mol. The van der Waals surface area contributed by atoms with Crippen LogP contribution in [-0.4, -0.2) is 232 Å². The quantitative estimate of drug-likeness (QED) is 0.0117. The van der Waals surface area contributed by atoms with Gasteiger partial charge in [-0.3, -0.25) is 57.7 Å². The van der Waals surface area contributed by atoms with Crippen molar-refractivity contribution in [3.63, 3.8) is 0 Å². The molecule has 11 atom stereocenters. The van der Waals surface area contributed by atoms with Crippen molar-refractivity contribution < 1.29 is 78.0 Å². The zero-order valence-electron chi connectivity index (χ0n) is 47.4. The summed E-state index contributed by atoms with van der Waals surface area (Å²) in [6.45, 7) is -1.27. The summed E-state index contributed by atoms with van der Waals surface area (Å²) in [5.41, 5.74) is 33.6. The van der Waals surface area contributed by atoms with Crippen LogP contribution in [0.3, 0.4) is 0 Å². The number of unbranched alkanes of at least 4 members (excludes halogenated alkanes) is 3. The number of carbonyl (C=O) groups excluding carboxylic acids is 10. The summed E-state index contributed by atoms with van der Waals surface area (Å²) < 4.78 is 0. The van der Waals surface area contributed by atoms with E-state index < -0.39 is 157 Å². The van der Waals surface area contributed by atoms with E-state index >= 15 is 0 Å². The number of aliphatic hydroxyl groups is 2. The first-order valence-corrected chi connectivity index (χ1v) is 29.7. The van der Waals surface area contributed by atoms with Crippen LogP contribution in [0.1, 0.15) is 96.3 Å². The van der Waals surface area contributed by atoms with Crippen LogP contribution in [0, 0.1) is 0 Å². The Morgan fingerprint density at radius 3 is 1.26 bits per heavy atom. The molecule has 36 heteroatoms. The van der Waals surface area contributed by atoms with Crippen LogP contribution in [0.25, 0.3) is 0 Å². The van der Waals surface area contributed by atoms with Gasteiger partial charge in [-0.2, -0.15) is 37.9 Å². The Bertz CT molecular complexity index is 2240. The molecule has 0 radical (unpaired) electrons.